The highest BCUT2D eigenvalue weighted by Gasteiger charge is 2.20. The zero-order valence-corrected chi connectivity index (χ0v) is 10.4. The Kier molecular flexibility index (Phi) is 4.72. The Morgan fingerprint density at radius 1 is 1.67 bits per heavy atom. The van der Waals surface area contributed by atoms with Crippen molar-refractivity contribution in [3.8, 4) is 0 Å². The summed E-state index contributed by atoms with van der Waals surface area (Å²) < 4.78 is 4.53. The first kappa shape index (κ1) is 12.6. The highest BCUT2D eigenvalue weighted by molar-refractivity contribution is 9.09. The number of hydrogen-bond acceptors (Lipinski definition) is 5. The lowest BCUT2D eigenvalue weighted by Crippen LogP contribution is -2.18. The lowest BCUT2D eigenvalue weighted by atomic mass is 10.2. The summed E-state index contributed by atoms with van der Waals surface area (Å²) in [5.41, 5.74) is 0.387. The highest BCUT2D eigenvalue weighted by Crippen LogP contribution is 2.25. The topological polar surface area (TPSA) is 66.8 Å². The molecule has 0 aromatic carbocycles. The van der Waals surface area contributed by atoms with Crippen LogP contribution in [0.15, 0.2) is 11.4 Å². The van der Waals surface area contributed by atoms with Crippen molar-refractivity contribution < 1.29 is 19.7 Å². The van der Waals surface area contributed by atoms with E-state index in [0.29, 0.717) is 10.4 Å². The number of rotatable bonds is 4. The molecule has 1 aromatic heterocycles. The van der Waals surface area contributed by atoms with E-state index in [9.17, 15) is 15.0 Å². The molecule has 0 aliphatic carbocycles. The van der Waals surface area contributed by atoms with Crippen LogP contribution in [0.25, 0.3) is 0 Å². The predicted molar refractivity (Wildman–Crippen MR) is 60.4 cm³/mol. The lowest BCUT2D eigenvalue weighted by Gasteiger charge is -2.12. The van der Waals surface area contributed by atoms with Gasteiger partial charge in [0.15, 0.2) is 0 Å². The minimum Gasteiger partial charge on any atom is -0.465 e. The van der Waals surface area contributed by atoms with Crippen LogP contribution in [0.3, 0.4) is 0 Å². The summed E-state index contributed by atoms with van der Waals surface area (Å²) in [5, 5.41) is 20.9. The molecule has 0 fully saturated rings. The lowest BCUT2D eigenvalue weighted by molar-refractivity contribution is 0.0364. The van der Waals surface area contributed by atoms with E-state index < -0.39 is 18.2 Å². The van der Waals surface area contributed by atoms with Gasteiger partial charge in [0, 0.05) is 15.6 Å². The molecule has 0 aliphatic heterocycles. The van der Waals surface area contributed by atoms with Crippen LogP contribution in [0.5, 0.6) is 0 Å². The number of alkyl halides is 1. The van der Waals surface area contributed by atoms with Crippen molar-refractivity contribution in [3.63, 3.8) is 0 Å². The second kappa shape index (κ2) is 5.60. The second-order valence-corrected chi connectivity index (χ2v) is 4.49. The largest absolute Gasteiger partial charge is 0.465 e. The van der Waals surface area contributed by atoms with Gasteiger partial charge in [-0.2, -0.15) is 0 Å². The molecule has 4 nitrogen and oxygen atoms in total. The third kappa shape index (κ3) is 3.01. The van der Waals surface area contributed by atoms with E-state index in [4.69, 9.17) is 0 Å². The average Bonchev–Trinajstić information content (AvgIpc) is 2.75. The zero-order valence-electron chi connectivity index (χ0n) is 8.01. The van der Waals surface area contributed by atoms with Gasteiger partial charge in [-0.1, -0.05) is 15.9 Å². The number of hydrogen-bond donors (Lipinski definition) is 2. The minimum atomic E-state index is -0.979. The van der Waals surface area contributed by atoms with E-state index in [1.165, 1.54) is 24.5 Å². The van der Waals surface area contributed by atoms with Gasteiger partial charge >= 0.3 is 5.97 Å². The van der Waals surface area contributed by atoms with Gasteiger partial charge < -0.3 is 14.9 Å². The van der Waals surface area contributed by atoms with Crippen molar-refractivity contribution in [2.75, 3.05) is 12.4 Å². The first-order valence-corrected chi connectivity index (χ1v) is 6.19. The first-order chi connectivity index (χ1) is 7.10. The number of ether oxygens (including phenoxy) is 1. The Morgan fingerprint density at radius 2 is 2.33 bits per heavy atom. The SMILES string of the molecule is COC(=O)c1csc(C(O)C(O)CBr)c1. The molecule has 0 radical (unpaired) electrons. The molecule has 0 aliphatic rings. The maximum atomic E-state index is 11.1. The van der Waals surface area contributed by atoms with Crippen molar-refractivity contribution in [1.29, 1.82) is 0 Å². The fraction of sp³-hybridized carbons (Fsp3) is 0.444. The average molecular weight is 295 g/mol. The molecule has 2 atom stereocenters. The van der Waals surface area contributed by atoms with Crippen LogP contribution in [-0.2, 0) is 4.74 Å². The minimum absolute atomic E-state index is 0.277. The molecule has 2 unspecified atom stereocenters. The number of aliphatic hydroxyl groups excluding tert-OH is 2. The maximum absolute atomic E-state index is 11.1. The van der Waals surface area contributed by atoms with Crippen LogP contribution < -0.4 is 0 Å². The van der Waals surface area contributed by atoms with Crippen LogP contribution in [0.1, 0.15) is 21.3 Å². The Bertz CT molecular complexity index is 339. The van der Waals surface area contributed by atoms with Gasteiger partial charge in [0.25, 0.3) is 0 Å². The van der Waals surface area contributed by atoms with Crippen molar-refractivity contribution in [3.05, 3.63) is 21.9 Å². The Balaban J connectivity index is 2.79. The van der Waals surface area contributed by atoms with E-state index >= 15 is 0 Å². The number of esters is 1. The molecule has 1 heterocycles. The standard InChI is InChI=1S/C9H11BrO4S/c1-14-9(13)5-2-7(15-4-5)8(12)6(11)3-10/h2,4,6,8,11-12H,3H2,1H3. The summed E-state index contributed by atoms with van der Waals surface area (Å²) in [6, 6.07) is 1.52. The summed E-state index contributed by atoms with van der Waals surface area (Å²) in [6.45, 7) is 0. The Morgan fingerprint density at radius 3 is 2.87 bits per heavy atom. The molecule has 1 aromatic rings. The van der Waals surface area contributed by atoms with E-state index in [0.717, 1.165) is 0 Å². The number of halogens is 1. The van der Waals surface area contributed by atoms with Gasteiger partial charge in [0.2, 0.25) is 0 Å². The predicted octanol–water partition coefficient (Wildman–Crippen LogP) is 1.32. The molecule has 2 N–H and O–H groups in total. The monoisotopic (exact) mass is 294 g/mol. The Labute approximate surface area is 99.6 Å². The molecule has 6 heteroatoms. The molecule has 0 saturated carbocycles. The van der Waals surface area contributed by atoms with Gasteiger partial charge in [-0.3, -0.25) is 0 Å². The summed E-state index contributed by atoms with van der Waals surface area (Å²) in [6.07, 6.45) is -1.86. The first-order valence-electron chi connectivity index (χ1n) is 4.19. The van der Waals surface area contributed by atoms with Gasteiger partial charge in [0.1, 0.15) is 6.10 Å². The summed E-state index contributed by atoms with van der Waals surface area (Å²) in [5.74, 6) is -0.446. The second-order valence-electron chi connectivity index (χ2n) is 2.90. The summed E-state index contributed by atoms with van der Waals surface area (Å²) in [7, 11) is 1.30. The fourth-order valence-electron chi connectivity index (χ4n) is 1.01. The number of thiophene rings is 1. The van der Waals surface area contributed by atoms with Gasteiger partial charge in [0.05, 0.1) is 18.8 Å². The molecule has 0 bridgehead atoms. The zero-order chi connectivity index (χ0) is 11.4. The van der Waals surface area contributed by atoms with Crippen molar-refractivity contribution >= 4 is 33.2 Å². The van der Waals surface area contributed by atoms with Crippen LogP contribution in [0, 0.1) is 0 Å². The van der Waals surface area contributed by atoms with Crippen molar-refractivity contribution in [2.45, 2.75) is 12.2 Å². The number of aliphatic hydroxyl groups is 2. The van der Waals surface area contributed by atoms with E-state index in [1.54, 1.807) is 5.38 Å². The smallest absolute Gasteiger partial charge is 0.338 e. The van der Waals surface area contributed by atoms with Gasteiger partial charge in [-0.05, 0) is 6.07 Å². The third-order valence-corrected chi connectivity index (χ3v) is 3.52. The molecule has 0 saturated heterocycles. The van der Waals surface area contributed by atoms with Crippen LogP contribution >= 0.6 is 27.3 Å². The van der Waals surface area contributed by atoms with E-state index in [-0.39, 0.29) is 5.33 Å². The number of carbonyl (C=O) groups is 1. The quantitative estimate of drug-likeness (QED) is 0.649. The maximum Gasteiger partial charge on any atom is 0.338 e. The van der Waals surface area contributed by atoms with Crippen molar-refractivity contribution in [1.82, 2.24) is 0 Å². The van der Waals surface area contributed by atoms with Crippen LogP contribution in [0.2, 0.25) is 0 Å². The number of methoxy groups -OCH3 is 1. The van der Waals surface area contributed by atoms with Gasteiger partial charge in [-0.25, -0.2) is 4.79 Å². The van der Waals surface area contributed by atoms with E-state index in [1.807, 2.05) is 0 Å². The molecule has 0 amide bonds. The summed E-state index contributed by atoms with van der Waals surface area (Å²) >= 11 is 4.28. The molecule has 84 valence electrons. The molecule has 1 rings (SSSR count). The van der Waals surface area contributed by atoms with Crippen LogP contribution in [0.4, 0.5) is 0 Å². The molecule has 15 heavy (non-hydrogen) atoms. The molecular weight excluding hydrogens is 284 g/mol. The normalized spacial score (nSPS) is 14.7. The Hall–Kier alpha value is -0.430. The fourth-order valence-corrected chi connectivity index (χ4v) is 2.28. The van der Waals surface area contributed by atoms with E-state index in [2.05, 4.69) is 20.7 Å². The third-order valence-electron chi connectivity index (χ3n) is 1.85. The summed E-state index contributed by atoms with van der Waals surface area (Å²) in [4.78, 5) is 11.7. The molecular formula is C9H11BrO4S. The van der Waals surface area contributed by atoms with Gasteiger partial charge in [-0.15, -0.1) is 11.3 Å². The number of carbonyl (C=O) groups excluding carboxylic acids is 1. The highest BCUT2D eigenvalue weighted by atomic mass is 79.9. The van der Waals surface area contributed by atoms with Crippen molar-refractivity contribution in [2.24, 2.45) is 0 Å². The van der Waals surface area contributed by atoms with Crippen LogP contribution in [-0.4, -0.2) is 34.7 Å². The molecule has 0 spiro atoms.